The van der Waals surface area contributed by atoms with Crippen molar-refractivity contribution in [2.45, 2.75) is 44.7 Å². The van der Waals surface area contributed by atoms with Gasteiger partial charge in [0.1, 0.15) is 5.82 Å². The molecule has 2 aromatic carbocycles. The van der Waals surface area contributed by atoms with Crippen molar-refractivity contribution in [3.8, 4) is 11.4 Å². The topological polar surface area (TPSA) is 76.9 Å². The highest BCUT2D eigenvalue weighted by Crippen LogP contribution is 2.31. The van der Waals surface area contributed by atoms with Crippen LogP contribution in [0.4, 0.5) is 0 Å². The summed E-state index contributed by atoms with van der Waals surface area (Å²) in [6.45, 7) is 7.79. The first-order valence-corrected chi connectivity index (χ1v) is 11.1. The molecule has 0 unspecified atom stereocenters. The Morgan fingerprint density at radius 1 is 0.966 bits per heavy atom. The van der Waals surface area contributed by atoms with Crippen LogP contribution in [0.2, 0.25) is 0 Å². The number of hydrogen-bond donors (Lipinski definition) is 1. The van der Waals surface area contributed by atoms with Crippen LogP contribution in [-0.2, 0) is 10.0 Å². The molecule has 150 valence electrons. The Morgan fingerprint density at radius 2 is 1.76 bits per heavy atom. The molecule has 0 radical (unpaired) electrons. The van der Waals surface area contributed by atoms with Crippen LogP contribution < -0.4 is 4.72 Å². The molecule has 0 aliphatic heterocycles. The van der Waals surface area contributed by atoms with Gasteiger partial charge in [-0.2, -0.15) is 0 Å². The summed E-state index contributed by atoms with van der Waals surface area (Å²) < 4.78 is 29.9. The molecule has 0 amide bonds. The van der Waals surface area contributed by atoms with E-state index in [4.69, 9.17) is 4.98 Å². The summed E-state index contributed by atoms with van der Waals surface area (Å²) in [5, 5.41) is 1.04. The van der Waals surface area contributed by atoms with Gasteiger partial charge in [0.25, 0.3) is 0 Å². The first-order chi connectivity index (χ1) is 13.8. The molecule has 2 aromatic heterocycles. The zero-order chi connectivity index (χ0) is 20.8. The summed E-state index contributed by atoms with van der Waals surface area (Å²) in [7, 11) is -3.58. The summed E-state index contributed by atoms with van der Waals surface area (Å²) in [4.78, 5) is 9.42. The van der Waals surface area contributed by atoms with Crippen LogP contribution in [-0.4, -0.2) is 29.0 Å². The quantitative estimate of drug-likeness (QED) is 0.527. The number of hydrogen-bond acceptors (Lipinski definition) is 4. The molecule has 6 nitrogen and oxygen atoms in total. The van der Waals surface area contributed by atoms with E-state index in [1.807, 2.05) is 30.3 Å². The number of aromatic nitrogens is 3. The van der Waals surface area contributed by atoms with E-state index in [1.54, 1.807) is 32.2 Å². The Labute approximate surface area is 170 Å². The van der Waals surface area contributed by atoms with Crippen molar-refractivity contribution in [1.82, 2.24) is 19.3 Å². The van der Waals surface area contributed by atoms with Gasteiger partial charge in [-0.1, -0.05) is 6.07 Å². The maximum atomic E-state index is 12.6. The summed E-state index contributed by atoms with van der Waals surface area (Å²) in [6.07, 6.45) is 1.78. The highest BCUT2D eigenvalue weighted by Gasteiger charge is 2.20. The second-order valence-electron chi connectivity index (χ2n) is 7.74. The van der Waals surface area contributed by atoms with Gasteiger partial charge in [0.05, 0.1) is 21.4 Å². The molecule has 0 bridgehead atoms. The number of rotatable bonds is 5. The zero-order valence-electron chi connectivity index (χ0n) is 16.9. The fourth-order valence-electron chi connectivity index (χ4n) is 3.57. The van der Waals surface area contributed by atoms with E-state index in [-0.39, 0.29) is 17.0 Å². The van der Waals surface area contributed by atoms with Crippen LogP contribution in [0.25, 0.3) is 33.3 Å². The minimum atomic E-state index is -3.58. The average molecular weight is 409 g/mol. The van der Waals surface area contributed by atoms with Crippen molar-refractivity contribution in [3.05, 3.63) is 54.7 Å². The van der Waals surface area contributed by atoms with Gasteiger partial charge in [-0.25, -0.2) is 18.1 Å². The van der Waals surface area contributed by atoms with Crippen molar-refractivity contribution >= 4 is 32.0 Å². The second kappa shape index (κ2) is 7.24. The van der Waals surface area contributed by atoms with Crippen molar-refractivity contribution < 1.29 is 8.42 Å². The SMILES string of the molecule is CC(C)NS(=O)(=O)c1ccc2c(c1)nc(-c1ccc3ncccc3c1)n2C(C)C. The van der Waals surface area contributed by atoms with Gasteiger partial charge in [-0.3, -0.25) is 4.98 Å². The van der Waals surface area contributed by atoms with Gasteiger partial charge in [-0.05, 0) is 70.2 Å². The van der Waals surface area contributed by atoms with E-state index in [1.165, 1.54) is 0 Å². The number of sulfonamides is 1. The smallest absolute Gasteiger partial charge is 0.240 e. The lowest BCUT2D eigenvalue weighted by molar-refractivity contribution is 0.570. The fourth-order valence-corrected chi connectivity index (χ4v) is 4.84. The molecule has 2 heterocycles. The monoisotopic (exact) mass is 408 g/mol. The number of fused-ring (bicyclic) bond motifs is 2. The minimum absolute atomic E-state index is 0.163. The second-order valence-corrected chi connectivity index (χ2v) is 9.45. The summed E-state index contributed by atoms with van der Waals surface area (Å²) in [5.74, 6) is 0.812. The largest absolute Gasteiger partial charge is 0.321 e. The van der Waals surface area contributed by atoms with Gasteiger partial charge >= 0.3 is 0 Å². The molecule has 29 heavy (non-hydrogen) atoms. The Bertz CT molecular complexity index is 1310. The van der Waals surface area contributed by atoms with Gasteiger partial charge in [0.2, 0.25) is 10.0 Å². The molecule has 1 N–H and O–H groups in total. The number of pyridine rings is 1. The van der Waals surface area contributed by atoms with Gasteiger partial charge < -0.3 is 4.57 Å². The lowest BCUT2D eigenvalue weighted by Gasteiger charge is -2.14. The molecule has 7 heteroatoms. The first kappa shape index (κ1) is 19.5. The molecular weight excluding hydrogens is 384 g/mol. The summed E-state index contributed by atoms with van der Waals surface area (Å²) in [6, 6.07) is 15.1. The minimum Gasteiger partial charge on any atom is -0.321 e. The zero-order valence-corrected chi connectivity index (χ0v) is 17.7. The maximum absolute atomic E-state index is 12.6. The molecular formula is C22H24N4O2S. The molecule has 0 atom stereocenters. The number of benzene rings is 2. The standard InChI is InChI=1S/C22H24N4O2S/c1-14(2)25-29(27,28)18-8-10-21-20(13-18)24-22(26(21)15(3)4)17-7-9-19-16(12-17)6-5-11-23-19/h5-15,25H,1-4H3. The van der Waals surface area contributed by atoms with Crippen LogP contribution in [0, 0.1) is 0 Å². The first-order valence-electron chi connectivity index (χ1n) is 9.66. The number of nitrogens with zero attached hydrogens (tertiary/aromatic N) is 3. The van der Waals surface area contributed by atoms with Gasteiger partial charge in [0, 0.05) is 29.2 Å². The molecule has 0 saturated carbocycles. The third-order valence-electron chi connectivity index (χ3n) is 4.74. The Hall–Kier alpha value is -2.77. The molecule has 0 aliphatic carbocycles. The van der Waals surface area contributed by atoms with E-state index in [0.29, 0.717) is 5.52 Å². The van der Waals surface area contributed by atoms with Crippen molar-refractivity contribution in [2.24, 2.45) is 0 Å². The van der Waals surface area contributed by atoms with Gasteiger partial charge in [-0.15, -0.1) is 0 Å². The molecule has 4 rings (SSSR count). The Kier molecular flexibility index (Phi) is 4.88. The Balaban J connectivity index is 1.90. The average Bonchev–Trinajstić information content (AvgIpc) is 3.05. The van der Waals surface area contributed by atoms with Crippen LogP contribution in [0.5, 0.6) is 0 Å². The van der Waals surface area contributed by atoms with E-state index in [9.17, 15) is 8.42 Å². The highest BCUT2D eigenvalue weighted by atomic mass is 32.2. The lowest BCUT2D eigenvalue weighted by Crippen LogP contribution is -2.30. The summed E-state index contributed by atoms with van der Waals surface area (Å²) >= 11 is 0. The molecule has 0 fully saturated rings. The van der Waals surface area contributed by atoms with Crippen LogP contribution >= 0.6 is 0 Å². The predicted molar refractivity (Wildman–Crippen MR) is 116 cm³/mol. The third kappa shape index (κ3) is 3.63. The van der Waals surface area contributed by atoms with Crippen LogP contribution in [0.1, 0.15) is 33.7 Å². The van der Waals surface area contributed by atoms with Gasteiger partial charge in [0.15, 0.2) is 0 Å². The van der Waals surface area contributed by atoms with E-state index in [0.717, 1.165) is 27.8 Å². The normalized spacial score (nSPS) is 12.5. The predicted octanol–water partition coefficient (Wildman–Crippen LogP) is 4.52. The van der Waals surface area contributed by atoms with Crippen LogP contribution in [0.15, 0.2) is 59.6 Å². The van der Waals surface area contributed by atoms with Crippen molar-refractivity contribution in [2.75, 3.05) is 0 Å². The maximum Gasteiger partial charge on any atom is 0.240 e. The van der Waals surface area contributed by atoms with Crippen LogP contribution in [0.3, 0.4) is 0 Å². The van der Waals surface area contributed by atoms with E-state index < -0.39 is 10.0 Å². The molecule has 0 aliphatic rings. The summed E-state index contributed by atoms with van der Waals surface area (Å²) in [5.41, 5.74) is 3.47. The number of imidazole rings is 1. The highest BCUT2D eigenvalue weighted by molar-refractivity contribution is 7.89. The Morgan fingerprint density at radius 3 is 2.48 bits per heavy atom. The van der Waals surface area contributed by atoms with Crippen molar-refractivity contribution in [1.29, 1.82) is 0 Å². The molecule has 4 aromatic rings. The molecule has 0 saturated heterocycles. The number of nitrogens with one attached hydrogen (secondary N) is 1. The van der Waals surface area contributed by atoms with Crippen molar-refractivity contribution in [3.63, 3.8) is 0 Å². The fraction of sp³-hybridized carbons (Fsp3) is 0.273. The molecule has 0 spiro atoms. The van der Waals surface area contributed by atoms with E-state index in [2.05, 4.69) is 34.2 Å². The third-order valence-corrected chi connectivity index (χ3v) is 6.40. The van der Waals surface area contributed by atoms with E-state index >= 15 is 0 Å². The lowest BCUT2D eigenvalue weighted by atomic mass is 10.1.